The Bertz CT molecular complexity index is 1070. The van der Waals surface area contributed by atoms with Crippen LogP contribution in [0.5, 0.6) is 11.5 Å². The minimum Gasteiger partial charge on any atom is -0.495 e. The van der Waals surface area contributed by atoms with E-state index in [1.165, 1.54) is 26.4 Å². The molecule has 0 radical (unpaired) electrons. The molecule has 29 heavy (non-hydrogen) atoms. The number of alkyl halides is 4. The molecule has 3 aromatic rings. The number of hydrogen-bond acceptors (Lipinski definition) is 5. The van der Waals surface area contributed by atoms with Crippen LogP contribution in [0.25, 0.3) is 5.65 Å². The van der Waals surface area contributed by atoms with Crippen LogP contribution in [0.1, 0.15) is 34.7 Å². The fourth-order valence-electron chi connectivity index (χ4n) is 2.54. The van der Waals surface area contributed by atoms with E-state index in [1.807, 2.05) is 0 Å². The third kappa shape index (κ3) is 4.04. The van der Waals surface area contributed by atoms with Crippen molar-refractivity contribution in [3.8, 4) is 11.5 Å². The number of halogens is 5. The van der Waals surface area contributed by atoms with Crippen LogP contribution in [0.2, 0.25) is 5.02 Å². The summed E-state index contributed by atoms with van der Waals surface area (Å²) in [5.74, 6) is -0.350. The Hall–Kier alpha value is -3.08. The number of fused-ring (bicyclic) bond motifs is 1. The van der Waals surface area contributed by atoms with E-state index in [9.17, 15) is 22.4 Å². The van der Waals surface area contributed by atoms with Gasteiger partial charge in [0.15, 0.2) is 11.3 Å². The Morgan fingerprint density at radius 3 is 2.34 bits per heavy atom. The molecule has 0 fully saturated rings. The molecule has 0 aliphatic heterocycles. The lowest BCUT2D eigenvalue weighted by atomic mass is 10.2. The van der Waals surface area contributed by atoms with E-state index in [4.69, 9.17) is 21.1 Å². The van der Waals surface area contributed by atoms with Gasteiger partial charge in [-0.15, -0.1) is 0 Å². The molecule has 1 aromatic carbocycles. The summed E-state index contributed by atoms with van der Waals surface area (Å²) in [6, 6.07) is 4.37. The van der Waals surface area contributed by atoms with Gasteiger partial charge in [-0.05, 0) is 6.07 Å². The number of methoxy groups -OCH3 is 2. The molecular weight excluding hydrogens is 420 g/mol. The maximum atomic E-state index is 13.2. The standard InChI is InChI=1S/C17H13ClF4N4O3/c1-28-12-5-8(13(29-2)3-7(12)18)24-17(27)10-6-14-23-9(15(19)20)4-11(16(21)22)26(14)25-10/h3-6,15-16H,1-2H3,(H,24,27). The van der Waals surface area contributed by atoms with Crippen molar-refractivity contribution in [1.82, 2.24) is 14.6 Å². The number of rotatable bonds is 6. The second-order valence-corrected chi connectivity index (χ2v) is 6.06. The summed E-state index contributed by atoms with van der Waals surface area (Å²) in [7, 11) is 2.73. The quantitative estimate of drug-likeness (QED) is 0.579. The van der Waals surface area contributed by atoms with Crippen LogP contribution in [-0.2, 0) is 0 Å². The van der Waals surface area contributed by atoms with Crippen LogP contribution in [0.15, 0.2) is 24.3 Å². The zero-order valence-electron chi connectivity index (χ0n) is 14.9. The molecule has 0 saturated heterocycles. The van der Waals surface area contributed by atoms with E-state index in [0.29, 0.717) is 10.6 Å². The minimum atomic E-state index is -3.10. The maximum Gasteiger partial charge on any atom is 0.280 e. The summed E-state index contributed by atoms with van der Waals surface area (Å²) < 4.78 is 63.2. The first-order valence-electron chi connectivity index (χ1n) is 7.95. The van der Waals surface area contributed by atoms with E-state index < -0.39 is 30.1 Å². The van der Waals surface area contributed by atoms with Gasteiger partial charge in [0.1, 0.15) is 22.9 Å². The van der Waals surface area contributed by atoms with Crippen LogP contribution in [0, 0.1) is 0 Å². The van der Waals surface area contributed by atoms with Gasteiger partial charge in [-0.25, -0.2) is 27.1 Å². The molecule has 0 unspecified atom stereocenters. The summed E-state index contributed by atoms with van der Waals surface area (Å²) >= 11 is 6.00. The predicted molar refractivity (Wildman–Crippen MR) is 95.4 cm³/mol. The molecule has 0 atom stereocenters. The van der Waals surface area contributed by atoms with E-state index in [1.54, 1.807) is 0 Å². The van der Waals surface area contributed by atoms with Crippen LogP contribution in [-0.4, -0.2) is 34.7 Å². The first-order valence-corrected chi connectivity index (χ1v) is 8.32. The highest BCUT2D eigenvalue weighted by Gasteiger charge is 2.23. The van der Waals surface area contributed by atoms with Gasteiger partial charge in [-0.3, -0.25) is 4.79 Å². The summed E-state index contributed by atoms with van der Waals surface area (Å²) in [6.45, 7) is 0. The smallest absolute Gasteiger partial charge is 0.280 e. The number of nitrogens with one attached hydrogen (secondary N) is 1. The fourth-order valence-corrected chi connectivity index (χ4v) is 2.77. The van der Waals surface area contributed by atoms with Gasteiger partial charge in [0, 0.05) is 18.2 Å². The minimum absolute atomic E-state index is 0.172. The van der Waals surface area contributed by atoms with Crippen molar-refractivity contribution in [2.24, 2.45) is 0 Å². The summed E-state index contributed by atoms with van der Waals surface area (Å²) in [6.07, 6.45) is -6.16. The normalized spacial score (nSPS) is 11.3. The molecule has 7 nitrogen and oxygen atoms in total. The number of carbonyl (C=O) groups is 1. The first-order chi connectivity index (χ1) is 13.7. The van der Waals surface area contributed by atoms with E-state index in [-0.39, 0.29) is 33.6 Å². The number of aromatic nitrogens is 3. The van der Waals surface area contributed by atoms with Crippen LogP contribution >= 0.6 is 11.6 Å². The van der Waals surface area contributed by atoms with Crippen molar-refractivity contribution in [3.05, 3.63) is 46.4 Å². The van der Waals surface area contributed by atoms with Crippen LogP contribution < -0.4 is 14.8 Å². The van der Waals surface area contributed by atoms with Gasteiger partial charge in [-0.2, -0.15) is 5.10 Å². The highest BCUT2D eigenvalue weighted by atomic mass is 35.5. The van der Waals surface area contributed by atoms with Crippen molar-refractivity contribution in [1.29, 1.82) is 0 Å². The van der Waals surface area contributed by atoms with Gasteiger partial charge in [-0.1, -0.05) is 11.6 Å². The van der Waals surface area contributed by atoms with Crippen molar-refractivity contribution in [3.63, 3.8) is 0 Å². The molecule has 12 heteroatoms. The lowest BCUT2D eigenvalue weighted by Gasteiger charge is -2.12. The Labute approximate surface area is 166 Å². The highest BCUT2D eigenvalue weighted by molar-refractivity contribution is 6.32. The number of hydrogen-bond donors (Lipinski definition) is 1. The van der Waals surface area contributed by atoms with Gasteiger partial charge < -0.3 is 14.8 Å². The van der Waals surface area contributed by atoms with Crippen LogP contribution in [0.4, 0.5) is 23.2 Å². The summed E-state index contributed by atoms with van der Waals surface area (Å²) in [4.78, 5) is 16.1. The molecule has 0 saturated carbocycles. The number of amides is 1. The molecule has 0 aliphatic rings. The van der Waals surface area contributed by atoms with Crippen molar-refractivity contribution in [2.45, 2.75) is 12.9 Å². The topological polar surface area (TPSA) is 77.8 Å². The molecule has 0 aliphatic carbocycles. The largest absolute Gasteiger partial charge is 0.495 e. The number of nitrogens with zero attached hydrogens (tertiary/aromatic N) is 3. The van der Waals surface area contributed by atoms with E-state index in [2.05, 4.69) is 15.4 Å². The molecule has 0 spiro atoms. The number of ether oxygens (including phenoxy) is 2. The zero-order valence-corrected chi connectivity index (χ0v) is 15.7. The summed E-state index contributed by atoms with van der Waals surface area (Å²) in [5, 5.41) is 6.49. The van der Waals surface area contributed by atoms with Crippen molar-refractivity contribution in [2.75, 3.05) is 19.5 Å². The van der Waals surface area contributed by atoms with Gasteiger partial charge >= 0.3 is 0 Å². The van der Waals surface area contributed by atoms with Crippen molar-refractivity contribution >= 4 is 28.8 Å². The Morgan fingerprint density at radius 1 is 1.07 bits per heavy atom. The molecule has 154 valence electrons. The zero-order chi connectivity index (χ0) is 21.3. The second-order valence-electron chi connectivity index (χ2n) is 5.65. The molecule has 1 N–H and O–H groups in total. The average Bonchev–Trinajstić information content (AvgIpc) is 3.12. The average molecular weight is 433 g/mol. The Balaban J connectivity index is 2.01. The SMILES string of the molecule is COc1cc(NC(=O)c2cc3nc(C(F)F)cc(C(F)F)n3n2)c(OC)cc1Cl. The third-order valence-electron chi connectivity index (χ3n) is 3.88. The maximum absolute atomic E-state index is 13.2. The molecule has 2 aromatic heterocycles. The molecular formula is C17H13ClF4N4O3. The molecule has 3 rings (SSSR count). The van der Waals surface area contributed by atoms with Gasteiger partial charge in [0.2, 0.25) is 0 Å². The molecule has 2 heterocycles. The monoisotopic (exact) mass is 432 g/mol. The Kier molecular flexibility index (Phi) is 5.78. The number of carbonyl (C=O) groups excluding carboxylic acids is 1. The third-order valence-corrected chi connectivity index (χ3v) is 4.17. The first kappa shape index (κ1) is 20.6. The van der Waals surface area contributed by atoms with Crippen LogP contribution in [0.3, 0.4) is 0 Å². The van der Waals surface area contributed by atoms with E-state index in [0.717, 1.165) is 6.07 Å². The second kappa shape index (κ2) is 8.11. The highest BCUT2D eigenvalue weighted by Crippen LogP contribution is 2.36. The molecule has 0 bridgehead atoms. The number of anilines is 1. The number of benzene rings is 1. The summed E-state index contributed by atoms with van der Waals surface area (Å²) in [5.41, 5.74) is -2.12. The lowest BCUT2D eigenvalue weighted by Crippen LogP contribution is -2.14. The molecule has 1 amide bonds. The predicted octanol–water partition coefficient (Wildman–Crippen LogP) is 4.53. The van der Waals surface area contributed by atoms with Gasteiger partial charge in [0.25, 0.3) is 18.8 Å². The lowest BCUT2D eigenvalue weighted by molar-refractivity contribution is 0.102. The Morgan fingerprint density at radius 2 is 1.76 bits per heavy atom. The fraction of sp³-hybridized carbons (Fsp3) is 0.235. The van der Waals surface area contributed by atoms with Gasteiger partial charge in [0.05, 0.1) is 24.9 Å². The van der Waals surface area contributed by atoms with E-state index >= 15 is 0 Å². The van der Waals surface area contributed by atoms with Crippen molar-refractivity contribution < 1.29 is 31.8 Å².